The van der Waals surface area contributed by atoms with E-state index in [1.807, 2.05) is 92.6 Å². The number of fused-ring (bicyclic) bond motifs is 1. The maximum Gasteiger partial charge on any atom is 0.258 e. The number of methoxy groups -OCH3 is 1. The standard InChI is InChI=1S/C35H36N4O4/c1-24-13-15-25(16-14-24)27-9-5-6-10-28(27)34(41)36-29-18-17-26(23-32(29)43-4)35(42)39-20-19-33(40)38(22-21-37(2)3)30-11-7-8-12-31(30)39/h5-18,23H,19-22H2,1-4H3,(H,36,41). The van der Waals surface area contributed by atoms with Crippen molar-refractivity contribution in [1.82, 2.24) is 4.90 Å². The number of para-hydroxylation sites is 2. The Morgan fingerprint density at radius 3 is 2.33 bits per heavy atom. The first-order chi connectivity index (χ1) is 20.8. The van der Waals surface area contributed by atoms with Gasteiger partial charge in [-0.2, -0.15) is 0 Å². The van der Waals surface area contributed by atoms with Gasteiger partial charge in [-0.3, -0.25) is 14.4 Å². The van der Waals surface area contributed by atoms with E-state index in [0.29, 0.717) is 47.0 Å². The molecule has 0 unspecified atom stereocenters. The van der Waals surface area contributed by atoms with Gasteiger partial charge in [0.2, 0.25) is 5.91 Å². The zero-order valence-corrected chi connectivity index (χ0v) is 25.0. The molecule has 0 radical (unpaired) electrons. The molecule has 220 valence electrons. The van der Waals surface area contributed by atoms with Crippen molar-refractivity contribution in [2.45, 2.75) is 13.3 Å². The predicted molar refractivity (Wildman–Crippen MR) is 171 cm³/mol. The second-order valence-corrected chi connectivity index (χ2v) is 10.8. The highest BCUT2D eigenvalue weighted by molar-refractivity contribution is 6.12. The maximum atomic E-state index is 13.9. The molecule has 0 bridgehead atoms. The maximum absolute atomic E-state index is 13.9. The Hall–Kier alpha value is -4.95. The van der Waals surface area contributed by atoms with Gasteiger partial charge in [-0.05, 0) is 68.5 Å². The predicted octanol–water partition coefficient (Wildman–Crippen LogP) is 5.87. The van der Waals surface area contributed by atoms with Gasteiger partial charge >= 0.3 is 0 Å². The molecule has 0 spiro atoms. The largest absolute Gasteiger partial charge is 0.495 e. The molecule has 0 aromatic heterocycles. The lowest BCUT2D eigenvalue weighted by Gasteiger charge is -2.26. The van der Waals surface area contributed by atoms with Crippen LogP contribution in [0, 0.1) is 6.92 Å². The summed E-state index contributed by atoms with van der Waals surface area (Å²) in [4.78, 5) is 45.9. The molecule has 1 aliphatic rings. The highest BCUT2D eigenvalue weighted by Gasteiger charge is 2.30. The van der Waals surface area contributed by atoms with Gasteiger partial charge in [0, 0.05) is 37.2 Å². The molecule has 8 heteroatoms. The van der Waals surface area contributed by atoms with Crippen LogP contribution in [0.25, 0.3) is 11.1 Å². The SMILES string of the molecule is COc1cc(C(=O)N2CCC(=O)N(CCN(C)C)c3ccccc32)ccc1NC(=O)c1ccccc1-c1ccc(C)cc1. The normalized spacial score (nSPS) is 13.0. The first kappa shape index (κ1) is 29.5. The number of carbonyl (C=O) groups is 3. The van der Waals surface area contributed by atoms with Crippen molar-refractivity contribution in [3.05, 3.63) is 108 Å². The molecule has 5 rings (SSSR count). The number of likely N-dealkylation sites (N-methyl/N-ethyl adjacent to an activating group) is 1. The molecule has 1 aliphatic heterocycles. The van der Waals surface area contributed by atoms with Crippen LogP contribution in [-0.2, 0) is 4.79 Å². The minimum atomic E-state index is -0.286. The third-order valence-corrected chi connectivity index (χ3v) is 7.56. The molecule has 0 aliphatic carbocycles. The molecular formula is C35H36N4O4. The van der Waals surface area contributed by atoms with E-state index in [4.69, 9.17) is 4.74 Å². The third-order valence-electron chi connectivity index (χ3n) is 7.56. The lowest BCUT2D eigenvalue weighted by molar-refractivity contribution is -0.118. The highest BCUT2D eigenvalue weighted by Crippen LogP contribution is 2.35. The summed E-state index contributed by atoms with van der Waals surface area (Å²) in [5.41, 5.74) is 5.66. The summed E-state index contributed by atoms with van der Waals surface area (Å²) in [7, 11) is 5.43. The minimum absolute atomic E-state index is 0.0221. The fourth-order valence-electron chi connectivity index (χ4n) is 5.21. The van der Waals surface area contributed by atoms with Gasteiger partial charge in [0.15, 0.2) is 0 Å². The number of hydrogen-bond donors (Lipinski definition) is 1. The molecule has 1 N–H and O–H groups in total. The van der Waals surface area contributed by atoms with E-state index in [0.717, 1.165) is 16.7 Å². The van der Waals surface area contributed by atoms with E-state index in [9.17, 15) is 14.4 Å². The van der Waals surface area contributed by atoms with Crippen molar-refractivity contribution in [3.8, 4) is 16.9 Å². The smallest absolute Gasteiger partial charge is 0.258 e. The van der Waals surface area contributed by atoms with Crippen LogP contribution in [0.2, 0.25) is 0 Å². The summed E-state index contributed by atoms with van der Waals surface area (Å²) in [5, 5.41) is 2.96. The average molecular weight is 577 g/mol. The fourth-order valence-corrected chi connectivity index (χ4v) is 5.21. The van der Waals surface area contributed by atoms with Crippen molar-refractivity contribution in [3.63, 3.8) is 0 Å². The van der Waals surface area contributed by atoms with Crippen molar-refractivity contribution in [2.75, 3.05) is 56.0 Å². The summed E-state index contributed by atoms with van der Waals surface area (Å²) < 4.78 is 5.62. The number of nitrogens with one attached hydrogen (secondary N) is 1. The molecule has 1 heterocycles. The number of benzene rings is 4. The van der Waals surface area contributed by atoms with Gasteiger partial charge in [-0.1, -0.05) is 60.2 Å². The van der Waals surface area contributed by atoms with Crippen LogP contribution in [0.15, 0.2) is 91.0 Å². The van der Waals surface area contributed by atoms with E-state index in [1.54, 1.807) is 34.1 Å². The summed E-state index contributed by atoms with van der Waals surface area (Å²) in [6.07, 6.45) is 0.208. The quantitative estimate of drug-likeness (QED) is 0.284. The van der Waals surface area contributed by atoms with Crippen LogP contribution in [0.5, 0.6) is 5.75 Å². The molecule has 0 fully saturated rings. The van der Waals surface area contributed by atoms with Crippen LogP contribution in [0.4, 0.5) is 17.1 Å². The van der Waals surface area contributed by atoms with Gasteiger partial charge in [0.1, 0.15) is 5.75 Å². The number of rotatable bonds is 8. The Labute approximate surface area is 252 Å². The van der Waals surface area contributed by atoms with Crippen LogP contribution in [-0.4, -0.2) is 63.5 Å². The Balaban J connectivity index is 1.41. The van der Waals surface area contributed by atoms with E-state index < -0.39 is 0 Å². The van der Waals surface area contributed by atoms with Crippen LogP contribution in [0.3, 0.4) is 0 Å². The zero-order valence-electron chi connectivity index (χ0n) is 25.0. The lowest BCUT2D eigenvalue weighted by Crippen LogP contribution is -2.36. The van der Waals surface area contributed by atoms with Crippen LogP contribution in [0.1, 0.15) is 32.7 Å². The van der Waals surface area contributed by atoms with E-state index in [1.165, 1.54) is 7.11 Å². The van der Waals surface area contributed by atoms with E-state index in [-0.39, 0.29) is 30.7 Å². The second kappa shape index (κ2) is 12.9. The topological polar surface area (TPSA) is 82.2 Å². The summed E-state index contributed by atoms with van der Waals surface area (Å²) in [6.45, 7) is 3.51. The number of anilines is 3. The first-order valence-corrected chi connectivity index (χ1v) is 14.3. The third kappa shape index (κ3) is 6.44. The molecule has 0 atom stereocenters. The Bertz CT molecular complexity index is 1650. The molecular weight excluding hydrogens is 540 g/mol. The van der Waals surface area contributed by atoms with Crippen molar-refractivity contribution >= 4 is 34.8 Å². The summed E-state index contributed by atoms with van der Waals surface area (Å²) in [5.74, 6) is -0.202. The minimum Gasteiger partial charge on any atom is -0.495 e. The Morgan fingerprint density at radius 2 is 1.60 bits per heavy atom. The number of ether oxygens (including phenoxy) is 1. The van der Waals surface area contributed by atoms with Gasteiger partial charge < -0.3 is 24.8 Å². The molecule has 0 saturated heterocycles. The Kier molecular flexibility index (Phi) is 8.87. The van der Waals surface area contributed by atoms with Crippen LogP contribution >= 0.6 is 0 Å². The fraction of sp³-hybridized carbons (Fsp3) is 0.229. The van der Waals surface area contributed by atoms with E-state index >= 15 is 0 Å². The molecule has 8 nitrogen and oxygen atoms in total. The van der Waals surface area contributed by atoms with Gasteiger partial charge in [-0.15, -0.1) is 0 Å². The van der Waals surface area contributed by atoms with Gasteiger partial charge in [0.05, 0.1) is 24.2 Å². The number of aryl methyl sites for hydroxylation is 1. The Morgan fingerprint density at radius 1 is 0.907 bits per heavy atom. The first-order valence-electron chi connectivity index (χ1n) is 14.3. The molecule has 4 aromatic rings. The van der Waals surface area contributed by atoms with E-state index in [2.05, 4.69) is 5.32 Å². The van der Waals surface area contributed by atoms with Gasteiger partial charge in [-0.25, -0.2) is 0 Å². The van der Waals surface area contributed by atoms with Crippen molar-refractivity contribution < 1.29 is 19.1 Å². The number of hydrogen-bond acceptors (Lipinski definition) is 5. The van der Waals surface area contributed by atoms with Crippen LogP contribution < -0.4 is 19.9 Å². The number of amides is 3. The summed E-state index contributed by atoms with van der Waals surface area (Å²) >= 11 is 0. The van der Waals surface area contributed by atoms with Crippen molar-refractivity contribution in [2.24, 2.45) is 0 Å². The van der Waals surface area contributed by atoms with Gasteiger partial charge in [0.25, 0.3) is 11.8 Å². The average Bonchev–Trinajstić information content (AvgIpc) is 3.15. The van der Waals surface area contributed by atoms with Crippen molar-refractivity contribution in [1.29, 1.82) is 0 Å². The molecule has 4 aromatic carbocycles. The molecule has 3 amide bonds. The number of carbonyl (C=O) groups excluding carboxylic acids is 3. The summed E-state index contributed by atoms with van der Waals surface area (Å²) in [6, 6.07) is 27.9. The molecule has 43 heavy (non-hydrogen) atoms. The lowest BCUT2D eigenvalue weighted by atomic mass is 9.98. The zero-order chi connectivity index (χ0) is 30.5. The second-order valence-electron chi connectivity index (χ2n) is 10.8. The highest BCUT2D eigenvalue weighted by atomic mass is 16.5. The monoisotopic (exact) mass is 576 g/mol. The number of nitrogens with zero attached hydrogens (tertiary/aromatic N) is 3. The molecule has 0 saturated carbocycles.